The number of para-hydroxylation sites is 1. The molecule has 5 nitrogen and oxygen atoms in total. The first kappa shape index (κ1) is 21.5. The fraction of sp³-hybridized carbons (Fsp3) is 0.682. The summed E-state index contributed by atoms with van der Waals surface area (Å²) in [6.07, 6.45) is 3.71. The van der Waals surface area contributed by atoms with Gasteiger partial charge in [-0.05, 0) is 64.6 Å². The van der Waals surface area contributed by atoms with E-state index in [2.05, 4.69) is 76.5 Å². The Morgan fingerprint density at radius 2 is 2.04 bits per heavy atom. The van der Waals surface area contributed by atoms with E-state index in [9.17, 15) is 0 Å². The molecule has 5 heteroatoms. The van der Waals surface area contributed by atoms with Gasteiger partial charge < -0.3 is 20.4 Å². The van der Waals surface area contributed by atoms with Crippen LogP contribution in [-0.2, 0) is 0 Å². The third kappa shape index (κ3) is 7.41. The zero-order valence-electron chi connectivity index (χ0n) is 17.7. The third-order valence-corrected chi connectivity index (χ3v) is 5.46. The minimum atomic E-state index is 0.649. The number of rotatable bonds is 9. The number of benzene rings is 1. The molecule has 0 spiro atoms. The molecule has 0 saturated carbocycles. The van der Waals surface area contributed by atoms with Crippen LogP contribution in [0.25, 0.3) is 0 Å². The van der Waals surface area contributed by atoms with Gasteiger partial charge in [-0.1, -0.05) is 18.2 Å². The van der Waals surface area contributed by atoms with Crippen molar-refractivity contribution in [3.63, 3.8) is 0 Å². The maximum Gasteiger partial charge on any atom is 0.190 e. The van der Waals surface area contributed by atoms with Crippen LogP contribution in [0.15, 0.2) is 35.3 Å². The van der Waals surface area contributed by atoms with Crippen molar-refractivity contribution in [1.29, 1.82) is 0 Å². The molecule has 1 aromatic rings. The SMILES string of the molecule is CCN(CCCNC(=NC)NCC1CCCN(C(C)C)C1)c1ccccc1. The summed E-state index contributed by atoms with van der Waals surface area (Å²) in [6.45, 7) is 13.3. The Morgan fingerprint density at radius 1 is 1.26 bits per heavy atom. The average Bonchev–Trinajstić information content (AvgIpc) is 2.71. The highest BCUT2D eigenvalue weighted by Crippen LogP contribution is 2.17. The van der Waals surface area contributed by atoms with E-state index >= 15 is 0 Å². The fourth-order valence-electron chi connectivity index (χ4n) is 3.78. The largest absolute Gasteiger partial charge is 0.372 e. The second kappa shape index (κ2) is 11.9. The Labute approximate surface area is 166 Å². The summed E-state index contributed by atoms with van der Waals surface area (Å²) in [5.74, 6) is 1.65. The van der Waals surface area contributed by atoms with E-state index in [4.69, 9.17) is 0 Å². The van der Waals surface area contributed by atoms with Gasteiger partial charge in [-0.15, -0.1) is 0 Å². The zero-order valence-corrected chi connectivity index (χ0v) is 17.7. The Morgan fingerprint density at radius 3 is 2.70 bits per heavy atom. The van der Waals surface area contributed by atoms with Crippen LogP contribution in [0.3, 0.4) is 0 Å². The van der Waals surface area contributed by atoms with Gasteiger partial charge in [-0.3, -0.25) is 4.99 Å². The van der Waals surface area contributed by atoms with Gasteiger partial charge in [0, 0.05) is 51.5 Å². The minimum absolute atomic E-state index is 0.649. The summed E-state index contributed by atoms with van der Waals surface area (Å²) >= 11 is 0. The predicted octanol–water partition coefficient (Wildman–Crippen LogP) is 3.19. The molecule has 1 fully saturated rings. The van der Waals surface area contributed by atoms with Crippen molar-refractivity contribution in [3.8, 4) is 0 Å². The zero-order chi connectivity index (χ0) is 19.5. The van der Waals surface area contributed by atoms with Crippen LogP contribution in [0.4, 0.5) is 5.69 Å². The van der Waals surface area contributed by atoms with Gasteiger partial charge in [0.05, 0.1) is 0 Å². The van der Waals surface area contributed by atoms with Crippen LogP contribution in [-0.4, -0.2) is 63.2 Å². The molecule has 1 saturated heterocycles. The van der Waals surface area contributed by atoms with E-state index in [1.54, 1.807) is 0 Å². The van der Waals surface area contributed by atoms with E-state index in [0.29, 0.717) is 12.0 Å². The normalized spacial score (nSPS) is 18.6. The van der Waals surface area contributed by atoms with Crippen LogP contribution >= 0.6 is 0 Å². The van der Waals surface area contributed by atoms with Gasteiger partial charge >= 0.3 is 0 Å². The molecule has 152 valence electrons. The third-order valence-electron chi connectivity index (χ3n) is 5.46. The maximum atomic E-state index is 4.39. The van der Waals surface area contributed by atoms with Crippen LogP contribution in [0.2, 0.25) is 0 Å². The van der Waals surface area contributed by atoms with Crippen molar-refractivity contribution in [2.24, 2.45) is 10.9 Å². The van der Waals surface area contributed by atoms with Gasteiger partial charge in [0.25, 0.3) is 0 Å². The molecule has 1 aliphatic heterocycles. The predicted molar refractivity (Wildman–Crippen MR) is 118 cm³/mol. The molecule has 1 aromatic carbocycles. The number of guanidine groups is 1. The number of aliphatic imine (C=N–C) groups is 1. The molecule has 27 heavy (non-hydrogen) atoms. The van der Waals surface area contributed by atoms with E-state index < -0.39 is 0 Å². The van der Waals surface area contributed by atoms with Crippen molar-refractivity contribution in [1.82, 2.24) is 15.5 Å². The lowest BCUT2D eigenvalue weighted by Crippen LogP contribution is -2.46. The van der Waals surface area contributed by atoms with Crippen molar-refractivity contribution in [3.05, 3.63) is 30.3 Å². The molecule has 1 unspecified atom stereocenters. The molecule has 2 rings (SSSR count). The lowest BCUT2D eigenvalue weighted by Gasteiger charge is -2.35. The number of anilines is 1. The quantitative estimate of drug-likeness (QED) is 0.396. The van der Waals surface area contributed by atoms with Gasteiger partial charge in [0.1, 0.15) is 0 Å². The molecule has 0 aliphatic carbocycles. The van der Waals surface area contributed by atoms with Crippen LogP contribution in [0.1, 0.15) is 40.0 Å². The van der Waals surface area contributed by atoms with Gasteiger partial charge in [-0.2, -0.15) is 0 Å². The topological polar surface area (TPSA) is 42.9 Å². The van der Waals surface area contributed by atoms with Crippen molar-refractivity contribution < 1.29 is 0 Å². The molecule has 0 aromatic heterocycles. The van der Waals surface area contributed by atoms with E-state index in [-0.39, 0.29) is 0 Å². The number of hydrogen-bond acceptors (Lipinski definition) is 3. The minimum Gasteiger partial charge on any atom is -0.372 e. The summed E-state index contributed by atoms with van der Waals surface area (Å²) in [5.41, 5.74) is 1.30. The number of nitrogens with one attached hydrogen (secondary N) is 2. The molecule has 0 amide bonds. The average molecular weight is 374 g/mol. The fourth-order valence-corrected chi connectivity index (χ4v) is 3.78. The van der Waals surface area contributed by atoms with Gasteiger partial charge in [0.15, 0.2) is 5.96 Å². The van der Waals surface area contributed by atoms with Crippen LogP contribution in [0, 0.1) is 5.92 Å². The molecule has 0 bridgehead atoms. The molecular formula is C22H39N5. The molecule has 2 N–H and O–H groups in total. The Balaban J connectivity index is 1.66. The molecule has 1 heterocycles. The number of nitrogens with zero attached hydrogens (tertiary/aromatic N) is 3. The van der Waals surface area contributed by atoms with E-state index in [0.717, 1.165) is 38.6 Å². The van der Waals surface area contributed by atoms with Crippen molar-refractivity contribution >= 4 is 11.6 Å². The Bertz CT molecular complexity index is 543. The highest BCUT2D eigenvalue weighted by Gasteiger charge is 2.21. The highest BCUT2D eigenvalue weighted by atomic mass is 15.2. The first-order valence-electron chi connectivity index (χ1n) is 10.6. The standard InChI is InChI=1S/C22H39N5/c1-5-26(21-12-7-6-8-13-21)16-10-14-24-22(23-4)25-17-20-11-9-15-27(18-20)19(2)3/h6-8,12-13,19-20H,5,9-11,14-18H2,1-4H3,(H2,23,24,25). The first-order chi connectivity index (χ1) is 13.1. The summed E-state index contributed by atoms with van der Waals surface area (Å²) in [6, 6.07) is 11.3. The van der Waals surface area contributed by atoms with E-state index in [1.165, 1.54) is 31.6 Å². The van der Waals surface area contributed by atoms with Gasteiger partial charge in [0.2, 0.25) is 0 Å². The molecule has 1 atom stereocenters. The summed E-state index contributed by atoms with van der Waals surface area (Å²) in [7, 11) is 1.86. The monoisotopic (exact) mass is 373 g/mol. The molecule has 1 aliphatic rings. The van der Waals surface area contributed by atoms with Crippen LogP contribution in [0.5, 0.6) is 0 Å². The second-order valence-electron chi connectivity index (χ2n) is 7.75. The summed E-state index contributed by atoms with van der Waals surface area (Å²) < 4.78 is 0. The smallest absolute Gasteiger partial charge is 0.190 e. The lowest BCUT2D eigenvalue weighted by molar-refractivity contribution is 0.141. The number of hydrogen-bond donors (Lipinski definition) is 2. The lowest BCUT2D eigenvalue weighted by atomic mass is 9.97. The maximum absolute atomic E-state index is 4.39. The molecule has 0 radical (unpaired) electrons. The highest BCUT2D eigenvalue weighted by molar-refractivity contribution is 5.79. The molecular weight excluding hydrogens is 334 g/mol. The van der Waals surface area contributed by atoms with Crippen molar-refractivity contribution in [2.45, 2.75) is 46.1 Å². The Hall–Kier alpha value is -1.75. The van der Waals surface area contributed by atoms with Crippen LogP contribution < -0.4 is 15.5 Å². The number of piperidine rings is 1. The second-order valence-corrected chi connectivity index (χ2v) is 7.75. The van der Waals surface area contributed by atoms with Crippen molar-refractivity contribution in [2.75, 3.05) is 51.2 Å². The summed E-state index contributed by atoms with van der Waals surface area (Å²) in [5, 5.41) is 7.00. The summed E-state index contributed by atoms with van der Waals surface area (Å²) in [4.78, 5) is 9.40. The first-order valence-corrected chi connectivity index (χ1v) is 10.6. The Kier molecular flexibility index (Phi) is 9.46. The number of likely N-dealkylation sites (tertiary alicyclic amines) is 1. The van der Waals surface area contributed by atoms with Gasteiger partial charge in [-0.25, -0.2) is 0 Å². The van der Waals surface area contributed by atoms with E-state index in [1.807, 2.05) is 7.05 Å².